The number of anilines is 1. The Labute approximate surface area is 153 Å². The fourth-order valence-corrected chi connectivity index (χ4v) is 2.69. The van der Waals surface area contributed by atoms with Crippen molar-refractivity contribution in [3.8, 4) is 11.3 Å². The molecule has 4 aromatic rings. The average molecular weight is 358 g/mol. The topological polar surface area (TPSA) is 115 Å². The van der Waals surface area contributed by atoms with Crippen LogP contribution in [0.15, 0.2) is 67.1 Å². The zero-order valence-electron chi connectivity index (χ0n) is 14.0. The summed E-state index contributed by atoms with van der Waals surface area (Å²) in [4.78, 5) is 37.1. The van der Waals surface area contributed by atoms with E-state index in [-0.39, 0.29) is 17.0 Å². The predicted octanol–water partition coefficient (Wildman–Crippen LogP) is 2.14. The van der Waals surface area contributed by atoms with E-state index in [1.54, 1.807) is 30.5 Å². The predicted molar refractivity (Wildman–Crippen MR) is 99.1 cm³/mol. The standard InChI is InChI=1S/C19H14N6O2/c20-17(26)16-18-23-13(12-6-2-1-3-7-12)10-14(25(18)11-22-16)19(27)24-15-8-4-5-9-21-15/h1-11H,(H2,20,26)(H,21,24,27). The molecule has 0 aliphatic carbocycles. The molecule has 3 heterocycles. The van der Waals surface area contributed by atoms with Gasteiger partial charge in [0.1, 0.15) is 17.8 Å². The van der Waals surface area contributed by atoms with Gasteiger partial charge in [0.15, 0.2) is 11.3 Å². The van der Waals surface area contributed by atoms with Gasteiger partial charge in [-0.25, -0.2) is 15.0 Å². The highest BCUT2D eigenvalue weighted by atomic mass is 16.2. The second kappa shape index (κ2) is 6.68. The van der Waals surface area contributed by atoms with Crippen LogP contribution in [0.2, 0.25) is 0 Å². The van der Waals surface area contributed by atoms with Crippen LogP contribution >= 0.6 is 0 Å². The maximum atomic E-state index is 12.8. The molecule has 0 radical (unpaired) electrons. The van der Waals surface area contributed by atoms with Crippen molar-refractivity contribution >= 4 is 23.3 Å². The number of carbonyl (C=O) groups is 2. The molecule has 0 saturated carbocycles. The summed E-state index contributed by atoms with van der Waals surface area (Å²) in [5, 5.41) is 2.72. The number of imidazole rings is 1. The number of nitrogens with zero attached hydrogens (tertiary/aromatic N) is 4. The summed E-state index contributed by atoms with van der Waals surface area (Å²) in [6.07, 6.45) is 2.93. The molecular formula is C19H14N6O2. The summed E-state index contributed by atoms with van der Waals surface area (Å²) in [6.45, 7) is 0. The molecule has 0 unspecified atom stereocenters. The Morgan fingerprint density at radius 1 is 1.00 bits per heavy atom. The molecule has 4 rings (SSSR count). The molecule has 3 N–H and O–H groups in total. The Morgan fingerprint density at radius 3 is 2.48 bits per heavy atom. The highest BCUT2D eigenvalue weighted by Gasteiger charge is 2.19. The van der Waals surface area contributed by atoms with E-state index in [1.807, 2.05) is 30.3 Å². The second-order valence-electron chi connectivity index (χ2n) is 5.71. The van der Waals surface area contributed by atoms with Crippen molar-refractivity contribution in [2.45, 2.75) is 0 Å². The van der Waals surface area contributed by atoms with Crippen LogP contribution in [0.5, 0.6) is 0 Å². The summed E-state index contributed by atoms with van der Waals surface area (Å²) in [5.41, 5.74) is 7.19. The fraction of sp³-hybridized carbons (Fsp3) is 0. The van der Waals surface area contributed by atoms with Gasteiger partial charge >= 0.3 is 0 Å². The third kappa shape index (κ3) is 3.11. The third-order valence-corrected chi connectivity index (χ3v) is 3.94. The molecule has 0 aliphatic rings. The van der Waals surface area contributed by atoms with Crippen molar-refractivity contribution in [2.75, 3.05) is 5.32 Å². The number of hydrogen-bond donors (Lipinski definition) is 2. The van der Waals surface area contributed by atoms with Crippen molar-refractivity contribution in [3.63, 3.8) is 0 Å². The van der Waals surface area contributed by atoms with Gasteiger partial charge in [-0.15, -0.1) is 0 Å². The molecule has 2 amide bonds. The summed E-state index contributed by atoms with van der Waals surface area (Å²) >= 11 is 0. The van der Waals surface area contributed by atoms with Gasteiger partial charge in [-0.2, -0.15) is 0 Å². The molecule has 0 saturated heterocycles. The minimum absolute atomic E-state index is 0.000308. The monoisotopic (exact) mass is 358 g/mol. The lowest BCUT2D eigenvalue weighted by atomic mass is 10.1. The maximum Gasteiger partial charge on any atom is 0.273 e. The highest BCUT2D eigenvalue weighted by molar-refractivity contribution is 6.04. The number of primary amides is 1. The van der Waals surface area contributed by atoms with Crippen molar-refractivity contribution in [3.05, 3.63) is 78.5 Å². The van der Waals surface area contributed by atoms with Gasteiger partial charge in [-0.3, -0.25) is 14.0 Å². The Morgan fingerprint density at radius 2 is 1.78 bits per heavy atom. The van der Waals surface area contributed by atoms with Crippen LogP contribution in [0.25, 0.3) is 16.9 Å². The van der Waals surface area contributed by atoms with Crippen molar-refractivity contribution in [2.24, 2.45) is 5.73 Å². The number of pyridine rings is 1. The zero-order chi connectivity index (χ0) is 18.8. The number of nitrogens with two attached hydrogens (primary N) is 1. The molecule has 0 aliphatic heterocycles. The quantitative estimate of drug-likeness (QED) is 0.580. The first-order valence-electron chi connectivity index (χ1n) is 8.09. The lowest BCUT2D eigenvalue weighted by molar-refractivity contribution is 0.0993. The summed E-state index contributed by atoms with van der Waals surface area (Å²) in [6, 6.07) is 16.2. The first kappa shape index (κ1) is 16.4. The number of hydrogen-bond acceptors (Lipinski definition) is 5. The Balaban J connectivity index is 1.88. The maximum absolute atomic E-state index is 12.8. The first-order valence-corrected chi connectivity index (χ1v) is 8.09. The largest absolute Gasteiger partial charge is 0.364 e. The van der Waals surface area contributed by atoms with Crippen LogP contribution in [-0.4, -0.2) is 31.2 Å². The normalized spacial score (nSPS) is 10.7. The second-order valence-corrected chi connectivity index (χ2v) is 5.71. The van der Waals surface area contributed by atoms with Gasteiger partial charge in [0.25, 0.3) is 11.8 Å². The number of rotatable bonds is 4. The van der Waals surface area contributed by atoms with Gasteiger partial charge in [-0.05, 0) is 18.2 Å². The molecule has 132 valence electrons. The molecule has 0 bridgehead atoms. The van der Waals surface area contributed by atoms with Crippen LogP contribution in [-0.2, 0) is 0 Å². The summed E-state index contributed by atoms with van der Waals surface area (Å²) in [5.74, 6) is -0.720. The van der Waals surface area contributed by atoms with E-state index in [4.69, 9.17) is 5.73 Å². The van der Waals surface area contributed by atoms with E-state index in [9.17, 15) is 9.59 Å². The van der Waals surface area contributed by atoms with Gasteiger partial charge in [-0.1, -0.05) is 36.4 Å². The summed E-state index contributed by atoms with van der Waals surface area (Å²) in [7, 11) is 0. The molecule has 0 fully saturated rings. The number of benzene rings is 1. The van der Waals surface area contributed by atoms with E-state index >= 15 is 0 Å². The summed E-state index contributed by atoms with van der Waals surface area (Å²) < 4.78 is 1.44. The molecule has 0 spiro atoms. The van der Waals surface area contributed by atoms with E-state index in [0.717, 1.165) is 5.56 Å². The van der Waals surface area contributed by atoms with Gasteiger partial charge < -0.3 is 11.1 Å². The first-order chi connectivity index (χ1) is 13.1. The molecular weight excluding hydrogens is 344 g/mol. The van der Waals surface area contributed by atoms with Crippen LogP contribution in [0.3, 0.4) is 0 Å². The van der Waals surface area contributed by atoms with E-state index in [1.165, 1.54) is 10.7 Å². The van der Waals surface area contributed by atoms with Crippen LogP contribution in [0.4, 0.5) is 5.82 Å². The number of fused-ring (bicyclic) bond motifs is 1. The van der Waals surface area contributed by atoms with Gasteiger partial charge in [0, 0.05) is 11.8 Å². The molecule has 8 heteroatoms. The Bertz CT molecular complexity index is 1140. The van der Waals surface area contributed by atoms with Crippen molar-refractivity contribution < 1.29 is 9.59 Å². The third-order valence-electron chi connectivity index (χ3n) is 3.94. The molecule has 1 aromatic carbocycles. The SMILES string of the molecule is NC(=O)c1ncn2c(C(=O)Nc3ccccn3)cc(-c3ccccc3)nc12. The highest BCUT2D eigenvalue weighted by Crippen LogP contribution is 2.21. The van der Waals surface area contributed by atoms with E-state index in [2.05, 4.69) is 20.3 Å². The smallest absolute Gasteiger partial charge is 0.273 e. The number of aromatic nitrogens is 4. The minimum atomic E-state index is -0.716. The number of amides is 2. The molecule has 27 heavy (non-hydrogen) atoms. The molecule has 0 atom stereocenters. The zero-order valence-corrected chi connectivity index (χ0v) is 14.0. The lowest BCUT2D eigenvalue weighted by Gasteiger charge is -2.09. The fourth-order valence-electron chi connectivity index (χ4n) is 2.69. The Kier molecular flexibility index (Phi) is 4.06. The minimum Gasteiger partial charge on any atom is -0.364 e. The van der Waals surface area contributed by atoms with E-state index < -0.39 is 11.8 Å². The lowest BCUT2D eigenvalue weighted by Crippen LogP contribution is -2.18. The average Bonchev–Trinajstić information content (AvgIpc) is 3.13. The van der Waals surface area contributed by atoms with Crippen LogP contribution in [0, 0.1) is 0 Å². The van der Waals surface area contributed by atoms with Gasteiger partial charge in [0.05, 0.1) is 5.69 Å². The molecule has 3 aromatic heterocycles. The molecule has 8 nitrogen and oxygen atoms in total. The Hall–Kier alpha value is -4.07. The van der Waals surface area contributed by atoms with E-state index in [0.29, 0.717) is 11.5 Å². The van der Waals surface area contributed by atoms with Crippen molar-refractivity contribution in [1.29, 1.82) is 0 Å². The number of carbonyl (C=O) groups excluding carboxylic acids is 2. The number of nitrogens with one attached hydrogen (secondary N) is 1. The van der Waals surface area contributed by atoms with Gasteiger partial charge in [0.2, 0.25) is 0 Å². The van der Waals surface area contributed by atoms with Crippen molar-refractivity contribution in [1.82, 2.24) is 19.4 Å². The van der Waals surface area contributed by atoms with Crippen LogP contribution < -0.4 is 11.1 Å². The van der Waals surface area contributed by atoms with Crippen LogP contribution in [0.1, 0.15) is 21.0 Å².